The predicted molar refractivity (Wildman–Crippen MR) is 79.4 cm³/mol. The molecule has 24 heavy (non-hydrogen) atoms. The number of carbonyl (C=O) groups is 1. The number of hydrogen-bond acceptors (Lipinski definition) is 4. The topological polar surface area (TPSA) is 70.7 Å². The van der Waals surface area contributed by atoms with Crippen molar-refractivity contribution in [2.45, 2.75) is 19.1 Å². The van der Waals surface area contributed by atoms with Crippen LogP contribution >= 0.6 is 0 Å². The first kappa shape index (κ1) is 16.0. The van der Waals surface area contributed by atoms with E-state index in [4.69, 9.17) is 5.21 Å². The molecule has 9 heteroatoms. The number of fused-ring (bicyclic) bond motifs is 1. The Morgan fingerprint density at radius 3 is 2.58 bits per heavy atom. The highest BCUT2D eigenvalue weighted by molar-refractivity contribution is 6.10. The van der Waals surface area contributed by atoms with Crippen molar-refractivity contribution in [1.82, 2.24) is 9.78 Å². The number of alkyl halides is 3. The van der Waals surface area contributed by atoms with Crippen LogP contribution in [0.4, 0.5) is 18.9 Å². The van der Waals surface area contributed by atoms with Crippen LogP contribution in [-0.2, 0) is 6.18 Å². The van der Waals surface area contributed by atoms with Crippen molar-refractivity contribution in [2.24, 2.45) is 5.16 Å². The van der Waals surface area contributed by atoms with Crippen molar-refractivity contribution in [3.8, 4) is 0 Å². The third-order valence-corrected chi connectivity index (χ3v) is 3.84. The quantitative estimate of drug-likeness (QED) is 0.520. The third-order valence-electron chi connectivity index (χ3n) is 3.84. The normalized spacial score (nSPS) is 18.2. The van der Waals surface area contributed by atoms with Crippen LogP contribution in [0.25, 0.3) is 0 Å². The van der Waals surface area contributed by atoms with E-state index < -0.39 is 17.6 Å². The summed E-state index contributed by atoms with van der Waals surface area (Å²) in [5, 5.41) is 15.7. The number of halogens is 3. The van der Waals surface area contributed by atoms with Crippen LogP contribution in [0.2, 0.25) is 0 Å². The lowest BCUT2D eigenvalue weighted by Crippen LogP contribution is -2.43. The van der Waals surface area contributed by atoms with Gasteiger partial charge in [-0.2, -0.15) is 18.3 Å². The molecule has 0 spiro atoms. The van der Waals surface area contributed by atoms with E-state index in [1.165, 1.54) is 27.9 Å². The Morgan fingerprint density at radius 1 is 1.33 bits per heavy atom. The van der Waals surface area contributed by atoms with Crippen LogP contribution in [0, 0.1) is 0 Å². The van der Waals surface area contributed by atoms with Gasteiger partial charge in [0.2, 0.25) is 0 Å². The van der Waals surface area contributed by atoms with Gasteiger partial charge in [-0.3, -0.25) is 9.48 Å². The second-order valence-electron chi connectivity index (χ2n) is 5.45. The molecule has 3 rings (SSSR count). The maximum absolute atomic E-state index is 12.7. The molecule has 0 bridgehead atoms. The minimum Gasteiger partial charge on any atom is -0.411 e. The molecule has 1 aliphatic heterocycles. The number of benzene rings is 1. The highest BCUT2D eigenvalue weighted by atomic mass is 19.4. The van der Waals surface area contributed by atoms with E-state index in [-0.39, 0.29) is 18.3 Å². The molecular weight excluding hydrogens is 325 g/mol. The number of anilines is 1. The summed E-state index contributed by atoms with van der Waals surface area (Å²) in [5.41, 5.74) is 0.151. The van der Waals surface area contributed by atoms with E-state index in [2.05, 4.69) is 10.3 Å². The highest BCUT2D eigenvalue weighted by Gasteiger charge is 2.34. The summed E-state index contributed by atoms with van der Waals surface area (Å²) in [4.78, 5) is 14.1. The van der Waals surface area contributed by atoms with Gasteiger partial charge in [0.15, 0.2) is 0 Å². The zero-order chi connectivity index (χ0) is 17.5. The van der Waals surface area contributed by atoms with Gasteiger partial charge >= 0.3 is 6.18 Å². The lowest BCUT2D eigenvalue weighted by Gasteiger charge is -2.32. The van der Waals surface area contributed by atoms with E-state index in [1.807, 2.05) is 6.92 Å². The molecule has 1 unspecified atom stereocenters. The predicted octanol–water partition coefficient (Wildman–Crippen LogP) is 2.93. The lowest BCUT2D eigenvalue weighted by molar-refractivity contribution is -0.137. The SMILES string of the molecule is CC1CN(c2ccc(C(F)(F)F)cc2)C(=O)c2c(C=NO)cnn21. The van der Waals surface area contributed by atoms with Crippen molar-refractivity contribution >= 4 is 17.8 Å². The first-order valence-corrected chi connectivity index (χ1v) is 7.07. The molecular formula is C15H13F3N4O2. The van der Waals surface area contributed by atoms with Gasteiger partial charge < -0.3 is 10.1 Å². The Balaban J connectivity index is 1.98. The Morgan fingerprint density at radius 2 is 2.00 bits per heavy atom. The van der Waals surface area contributed by atoms with Crippen LogP contribution in [-0.4, -0.2) is 33.7 Å². The second kappa shape index (κ2) is 5.66. The van der Waals surface area contributed by atoms with Gasteiger partial charge in [0.05, 0.1) is 24.0 Å². The molecule has 1 aromatic carbocycles. The Labute approximate surface area is 134 Å². The van der Waals surface area contributed by atoms with Gasteiger partial charge in [-0.05, 0) is 31.2 Å². The molecule has 126 valence electrons. The summed E-state index contributed by atoms with van der Waals surface area (Å²) in [7, 11) is 0. The molecule has 2 heterocycles. The average molecular weight is 338 g/mol. The summed E-state index contributed by atoms with van der Waals surface area (Å²) in [6, 6.07) is 4.23. The Hall–Kier alpha value is -2.84. The molecule has 2 aromatic rings. The minimum atomic E-state index is -4.43. The first-order valence-electron chi connectivity index (χ1n) is 7.07. The maximum atomic E-state index is 12.7. The number of oxime groups is 1. The van der Waals surface area contributed by atoms with Crippen molar-refractivity contribution in [2.75, 3.05) is 11.4 Å². The average Bonchev–Trinajstić information content (AvgIpc) is 2.95. The summed E-state index contributed by atoms with van der Waals surface area (Å²) in [5.74, 6) is -0.416. The standard InChI is InChI=1S/C15H13F3N4O2/c1-9-8-21(12-4-2-11(3-5-12)15(16,17)18)14(23)13-10(7-20-24)6-19-22(9)13/h2-7,9,24H,8H2,1H3. The fraction of sp³-hybridized carbons (Fsp3) is 0.267. The van der Waals surface area contributed by atoms with E-state index >= 15 is 0 Å². The van der Waals surface area contributed by atoms with E-state index in [1.54, 1.807) is 0 Å². The van der Waals surface area contributed by atoms with Crippen LogP contribution in [0.3, 0.4) is 0 Å². The number of rotatable bonds is 2. The van der Waals surface area contributed by atoms with Crippen molar-refractivity contribution in [1.29, 1.82) is 0 Å². The van der Waals surface area contributed by atoms with E-state index in [9.17, 15) is 18.0 Å². The second-order valence-corrected chi connectivity index (χ2v) is 5.45. The maximum Gasteiger partial charge on any atom is 0.416 e. The summed E-state index contributed by atoms with van der Waals surface area (Å²) in [6.45, 7) is 2.11. The van der Waals surface area contributed by atoms with E-state index in [0.717, 1.165) is 18.3 Å². The van der Waals surface area contributed by atoms with Crippen LogP contribution in [0.15, 0.2) is 35.6 Å². The van der Waals surface area contributed by atoms with E-state index in [0.29, 0.717) is 11.3 Å². The van der Waals surface area contributed by atoms with Gasteiger partial charge in [-0.25, -0.2) is 0 Å². The largest absolute Gasteiger partial charge is 0.416 e. The molecule has 0 saturated carbocycles. The molecule has 1 aliphatic rings. The van der Waals surface area contributed by atoms with Crippen LogP contribution in [0.1, 0.15) is 34.6 Å². The smallest absolute Gasteiger partial charge is 0.411 e. The molecule has 1 N–H and O–H groups in total. The fourth-order valence-electron chi connectivity index (χ4n) is 2.69. The highest BCUT2D eigenvalue weighted by Crippen LogP contribution is 2.32. The molecule has 1 amide bonds. The Kier molecular flexibility index (Phi) is 3.78. The molecule has 1 atom stereocenters. The summed E-state index contributed by atoms with van der Waals surface area (Å²) in [6.07, 6.45) is -1.93. The monoisotopic (exact) mass is 338 g/mol. The summed E-state index contributed by atoms with van der Waals surface area (Å²) >= 11 is 0. The van der Waals surface area contributed by atoms with Crippen molar-refractivity contribution in [3.63, 3.8) is 0 Å². The zero-order valence-electron chi connectivity index (χ0n) is 12.5. The molecule has 1 aromatic heterocycles. The first-order chi connectivity index (χ1) is 11.3. The number of hydrogen-bond donors (Lipinski definition) is 1. The number of aromatic nitrogens is 2. The molecule has 6 nitrogen and oxygen atoms in total. The zero-order valence-corrected chi connectivity index (χ0v) is 12.5. The van der Waals surface area contributed by atoms with Gasteiger partial charge in [0.1, 0.15) is 5.69 Å². The van der Waals surface area contributed by atoms with Crippen molar-refractivity contribution < 1.29 is 23.2 Å². The van der Waals surface area contributed by atoms with Gasteiger partial charge in [-0.1, -0.05) is 5.16 Å². The minimum absolute atomic E-state index is 0.180. The third kappa shape index (κ3) is 2.61. The van der Waals surface area contributed by atoms with Gasteiger partial charge in [-0.15, -0.1) is 0 Å². The Bertz CT molecular complexity index is 796. The molecule has 0 radical (unpaired) electrons. The number of carbonyl (C=O) groups excluding carboxylic acids is 1. The molecule has 0 saturated heterocycles. The molecule has 0 fully saturated rings. The summed E-state index contributed by atoms with van der Waals surface area (Å²) < 4.78 is 39.5. The van der Waals surface area contributed by atoms with Crippen molar-refractivity contribution in [3.05, 3.63) is 47.3 Å². The molecule has 0 aliphatic carbocycles. The van der Waals surface area contributed by atoms with Gasteiger partial charge in [0, 0.05) is 17.8 Å². The van der Waals surface area contributed by atoms with Gasteiger partial charge in [0.25, 0.3) is 5.91 Å². The van der Waals surface area contributed by atoms with Crippen LogP contribution < -0.4 is 4.90 Å². The fourth-order valence-corrected chi connectivity index (χ4v) is 2.69. The lowest BCUT2D eigenvalue weighted by atomic mass is 10.1. The van der Waals surface area contributed by atoms with Crippen LogP contribution in [0.5, 0.6) is 0 Å². The number of nitrogens with zero attached hydrogens (tertiary/aromatic N) is 4. The number of amides is 1.